The van der Waals surface area contributed by atoms with Crippen LogP contribution in [0.3, 0.4) is 0 Å². The minimum atomic E-state index is -0.693. The average molecular weight is 391 g/mol. The predicted octanol–water partition coefficient (Wildman–Crippen LogP) is 4.14. The topological polar surface area (TPSA) is 81.4 Å². The number of amides is 1. The van der Waals surface area contributed by atoms with Gasteiger partial charge >= 0.3 is 5.97 Å². The normalized spacial score (nSPS) is 11.8. The molecule has 1 atom stereocenters. The second kappa shape index (κ2) is 16.1. The molecule has 5 nitrogen and oxygen atoms in total. The van der Waals surface area contributed by atoms with Crippen molar-refractivity contribution in [3.8, 4) is 0 Å². The fourth-order valence-corrected chi connectivity index (χ4v) is 3.16. The van der Waals surface area contributed by atoms with E-state index in [1.807, 2.05) is 30.3 Å². The summed E-state index contributed by atoms with van der Waals surface area (Å²) >= 11 is 0. The molecule has 1 rings (SSSR count). The van der Waals surface area contributed by atoms with Gasteiger partial charge in [-0.3, -0.25) is 4.79 Å². The Morgan fingerprint density at radius 2 is 1.50 bits per heavy atom. The summed E-state index contributed by atoms with van der Waals surface area (Å²) in [5.74, 6) is -0.738. The van der Waals surface area contributed by atoms with Crippen molar-refractivity contribution in [2.45, 2.75) is 83.6 Å². The van der Waals surface area contributed by atoms with Gasteiger partial charge in [-0.15, -0.1) is 0 Å². The first-order chi connectivity index (χ1) is 13.7. The maximum atomic E-state index is 12.4. The Hall–Kier alpha value is -1.88. The van der Waals surface area contributed by atoms with E-state index < -0.39 is 6.04 Å². The molecule has 28 heavy (non-hydrogen) atoms. The first kappa shape index (κ1) is 24.2. The van der Waals surface area contributed by atoms with Gasteiger partial charge in [0.2, 0.25) is 5.91 Å². The van der Waals surface area contributed by atoms with E-state index in [-0.39, 0.29) is 18.4 Å². The lowest BCUT2D eigenvalue weighted by atomic mass is 10.1. The molecule has 0 radical (unpaired) electrons. The molecule has 158 valence electrons. The first-order valence-electron chi connectivity index (χ1n) is 10.9. The lowest BCUT2D eigenvalue weighted by Crippen LogP contribution is -2.45. The lowest BCUT2D eigenvalue weighted by molar-refractivity contribution is -0.147. The summed E-state index contributed by atoms with van der Waals surface area (Å²) in [7, 11) is 0. The Morgan fingerprint density at radius 3 is 2.07 bits per heavy atom. The Morgan fingerprint density at radius 1 is 0.929 bits per heavy atom. The zero-order chi connectivity index (χ0) is 20.5. The lowest BCUT2D eigenvalue weighted by Gasteiger charge is -2.17. The van der Waals surface area contributed by atoms with Crippen molar-refractivity contribution in [3.05, 3.63) is 35.9 Å². The predicted molar refractivity (Wildman–Crippen MR) is 114 cm³/mol. The summed E-state index contributed by atoms with van der Waals surface area (Å²) in [6.45, 7) is 2.50. The van der Waals surface area contributed by atoms with Gasteiger partial charge in [-0.05, 0) is 12.0 Å². The van der Waals surface area contributed by atoms with Crippen molar-refractivity contribution in [1.29, 1.82) is 0 Å². The molecule has 0 fully saturated rings. The van der Waals surface area contributed by atoms with Crippen molar-refractivity contribution < 1.29 is 14.3 Å². The van der Waals surface area contributed by atoms with Crippen molar-refractivity contribution in [2.75, 3.05) is 13.2 Å². The third kappa shape index (κ3) is 11.8. The van der Waals surface area contributed by atoms with Crippen LogP contribution in [-0.4, -0.2) is 31.1 Å². The first-order valence-corrected chi connectivity index (χ1v) is 10.9. The molecule has 0 aliphatic carbocycles. The quantitative estimate of drug-likeness (QED) is 0.328. The van der Waals surface area contributed by atoms with E-state index in [4.69, 9.17) is 10.5 Å². The van der Waals surface area contributed by atoms with Crippen LogP contribution in [0.2, 0.25) is 0 Å². The highest BCUT2D eigenvalue weighted by atomic mass is 16.5. The van der Waals surface area contributed by atoms with Gasteiger partial charge in [0.15, 0.2) is 0 Å². The Bertz CT molecular complexity index is 534. The van der Waals surface area contributed by atoms with Crippen LogP contribution in [0.4, 0.5) is 0 Å². The zero-order valence-electron chi connectivity index (χ0n) is 17.5. The van der Waals surface area contributed by atoms with Crippen molar-refractivity contribution in [2.24, 2.45) is 5.73 Å². The number of hydrogen-bond acceptors (Lipinski definition) is 4. The number of hydrogen-bond donors (Lipinski definition) is 2. The highest BCUT2D eigenvalue weighted by Gasteiger charge is 2.22. The fourth-order valence-electron chi connectivity index (χ4n) is 3.16. The number of nitrogens with one attached hydrogen (secondary N) is 1. The SMILES string of the molecule is CCCCCCCCCCCCOC(=O)[C@H](Cc1ccccc1)NC(=O)CN. The Kier molecular flexibility index (Phi) is 13.9. The number of benzene rings is 1. The number of ether oxygens (including phenoxy) is 1. The van der Waals surface area contributed by atoms with E-state index in [0.717, 1.165) is 18.4 Å². The van der Waals surface area contributed by atoms with Gasteiger partial charge in [0.25, 0.3) is 0 Å². The summed E-state index contributed by atoms with van der Waals surface area (Å²) in [5, 5.41) is 2.67. The number of esters is 1. The third-order valence-corrected chi connectivity index (χ3v) is 4.83. The Balaban J connectivity index is 2.21. The molecule has 0 aliphatic rings. The van der Waals surface area contributed by atoms with Gasteiger partial charge in [0.05, 0.1) is 13.2 Å². The van der Waals surface area contributed by atoms with Gasteiger partial charge < -0.3 is 15.8 Å². The van der Waals surface area contributed by atoms with Gasteiger partial charge in [-0.2, -0.15) is 0 Å². The molecule has 1 amide bonds. The average Bonchev–Trinajstić information content (AvgIpc) is 2.72. The maximum Gasteiger partial charge on any atom is 0.328 e. The van der Waals surface area contributed by atoms with E-state index in [1.54, 1.807) is 0 Å². The van der Waals surface area contributed by atoms with Crippen LogP contribution < -0.4 is 11.1 Å². The van der Waals surface area contributed by atoms with Crippen molar-refractivity contribution in [1.82, 2.24) is 5.32 Å². The molecule has 0 unspecified atom stereocenters. The van der Waals surface area contributed by atoms with E-state index >= 15 is 0 Å². The molecule has 0 heterocycles. The summed E-state index contributed by atoms with van der Waals surface area (Å²) in [6.07, 6.45) is 12.8. The molecule has 3 N–H and O–H groups in total. The van der Waals surface area contributed by atoms with E-state index in [9.17, 15) is 9.59 Å². The van der Waals surface area contributed by atoms with Crippen LogP contribution in [0.15, 0.2) is 30.3 Å². The number of nitrogens with two attached hydrogens (primary N) is 1. The molecule has 0 saturated heterocycles. The standard InChI is InChI=1S/C23H38N2O3/c1-2-3-4-5-6-7-8-9-10-14-17-28-23(27)21(25-22(26)19-24)18-20-15-12-11-13-16-20/h11-13,15-16,21H,2-10,14,17-19,24H2,1H3,(H,25,26)/t21-/m0/s1. The van der Waals surface area contributed by atoms with Crippen molar-refractivity contribution >= 4 is 11.9 Å². The van der Waals surface area contributed by atoms with Crippen LogP contribution in [-0.2, 0) is 20.7 Å². The number of unbranched alkanes of at least 4 members (excludes halogenated alkanes) is 9. The van der Waals surface area contributed by atoms with Gasteiger partial charge in [0.1, 0.15) is 6.04 Å². The number of carbonyl (C=O) groups excluding carboxylic acids is 2. The van der Waals surface area contributed by atoms with E-state index in [1.165, 1.54) is 51.4 Å². The second-order valence-electron chi connectivity index (χ2n) is 7.36. The maximum absolute atomic E-state index is 12.4. The second-order valence-corrected chi connectivity index (χ2v) is 7.36. The van der Waals surface area contributed by atoms with E-state index in [2.05, 4.69) is 12.2 Å². The minimum Gasteiger partial charge on any atom is -0.464 e. The third-order valence-electron chi connectivity index (χ3n) is 4.83. The number of carbonyl (C=O) groups is 2. The molecule has 0 bridgehead atoms. The molecule has 5 heteroatoms. The molecule has 0 aliphatic heterocycles. The zero-order valence-corrected chi connectivity index (χ0v) is 17.5. The molecule has 1 aromatic carbocycles. The fraction of sp³-hybridized carbons (Fsp3) is 0.652. The summed E-state index contributed by atoms with van der Waals surface area (Å²) in [6, 6.07) is 8.90. The van der Waals surface area contributed by atoms with Crippen molar-refractivity contribution in [3.63, 3.8) is 0 Å². The van der Waals surface area contributed by atoms with Gasteiger partial charge in [-0.1, -0.05) is 95.0 Å². The molecule has 1 aromatic rings. The van der Waals surface area contributed by atoms with Crippen LogP contribution in [0.1, 0.15) is 76.7 Å². The highest BCUT2D eigenvalue weighted by molar-refractivity contribution is 5.85. The summed E-state index contributed by atoms with van der Waals surface area (Å²) in [4.78, 5) is 24.0. The monoisotopic (exact) mass is 390 g/mol. The molecular weight excluding hydrogens is 352 g/mol. The summed E-state index contributed by atoms with van der Waals surface area (Å²) < 4.78 is 5.40. The van der Waals surface area contributed by atoms with Crippen LogP contribution >= 0.6 is 0 Å². The minimum absolute atomic E-state index is 0.142. The highest BCUT2D eigenvalue weighted by Crippen LogP contribution is 2.11. The molecule has 0 aromatic heterocycles. The number of rotatable bonds is 16. The van der Waals surface area contributed by atoms with E-state index in [0.29, 0.717) is 13.0 Å². The Labute approximate surface area is 170 Å². The molecular formula is C23H38N2O3. The van der Waals surface area contributed by atoms with Crippen LogP contribution in [0.5, 0.6) is 0 Å². The van der Waals surface area contributed by atoms with Crippen LogP contribution in [0, 0.1) is 0 Å². The molecule has 0 spiro atoms. The van der Waals surface area contributed by atoms with Gasteiger partial charge in [0, 0.05) is 6.42 Å². The van der Waals surface area contributed by atoms with Crippen LogP contribution in [0.25, 0.3) is 0 Å². The summed E-state index contributed by atoms with van der Waals surface area (Å²) in [5.41, 5.74) is 6.34. The van der Waals surface area contributed by atoms with Gasteiger partial charge in [-0.25, -0.2) is 4.79 Å². The smallest absolute Gasteiger partial charge is 0.328 e. The molecule has 0 saturated carbocycles. The largest absolute Gasteiger partial charge is 0.464 e.